The van der Waals surface area contributed by atoms with Crippen molar-refractivity contribution < 1.29 is 18.3 Å². The van der Waals surface area contributed by atoms with Gasteiger partial charge in [-0.05, 0) is 42.5 Å². The highest BCUT2D eigenvalue weighted by Gasteiger charge is 2.33. The number of benzene rings is 2. The van der Waals surface area contributed by atoms with E-state index in [-0.39, 0.29) is 6.04 Å². The first-order chi connectivity index (χ1) is 11.7. The summed E-state index contributed by atoms with van der Waals surface area (Å²) in [6.45, 7) is 1.40. The number of nitrogens with one attached hydrogen (secondary N) is 1. The van der Waals surface area contributed by atoms with E-state index in [9.17, 15) is 8.78 Å². The molecule has 5 heteroatoms. The summed E-state index contributed by atoms with van der Waals surface area (Å²) in [5, 5.41) is 3.39. The summed E-state index contributed by atoms with van der Waals surface area (Å²) < 4.78 is 38.4. The Hall–Kier alpha value is -2.14. The maximum Gasteiger partial charge on any atom is 0.163 e. The number of ether oxygens (including phenoxy) is 2. The van der Waals surface area contributed by atoms with Gasteiger partial charge in [0.15, 0.2) is 23.1 Å². The summed E-state index contributed by atoms with van der Waals surface area (Å²) >= 11 is 0. The molecule has 2 aromatic rings. The van der Waals surface area contributed by atoms with E-state index < -0.39 is 11.6 Å². The van der Waals surface area contributed by atoms with Crippen LogP contribution in [-0.4, -0.2) is 13.2 Å². The molecular weight excluding hydrogens is 312 g/mol. The zero-order valence-electron chi connectivity index (χ0n) is 13.2. The number of halogens is 2. The molecule has 1 atom stereocenters. The van der Waals surface area contributed by atoms with Crippen LogP contribution in [0.3, 0.4) is 0 Å². The van der Waals surface area contributed by atoms with Crippen LogP contribution in [0, 0.1) is 17.6 Å². The molecule has 4 rings (SSSR count). The predicted octanol–water partition coefficient (Wildman–Crippen LogP) is 3.98. The number of hydrogen-bond donors (Lipinski definition) is 1. The zero-order valence-corrected chi connectivity index (χ0v) is 13.2. The van der Waals surface area contributed by atoms with Crippen molar-refractivity contribution in [3.63, 3.8) is 0 Å². The maximum atomic E-state index is 13.8. The van der Waals surface area contributed by atoms with Crippen molar-refractivity contribution in [3.05, 3.63) is 59.2 Å². The molecule has 0 aromatic heterocycles. The summed E-state index contributed by atoms with van der Waals surface area (Å²) in [6, 6.07) is 10.3. The lowest BCUT2D eigenvalue weighted by atomic mass is 10.0. The lowest BCUT2D eigenvalue weighted by molar-refractivity contribution is 0.171. The van der Waals surface area contributed by atoms with E-state index in [1.165, 1.54) is 6.07 Å². The van der Waals surface area contributed by atoms with E-state index in [1.54, 1.807) is 6.07 Å². The molecule has 1 saturated carbocycles. The zero-order chi connectivity index (χ0) is 16.5. The minimum absolute atomic E-state index is 0.100. The monoisotopic (exact) mass is 331 g/mol. The Morgan fingerprint density at radius 3 is 2.62 bits per heavy atom. The normalized spacial score (nSPS) is 17.6. The van der Waals surface area contributed by atoms with Crippen LogP contribution in [0.25, 0.3) is 0 Å². The maximum absolute atomic E-state index is 13.8. The number of fused-ring (bicyclic) bond motifs is 1. The van der Waals surface area contributed by atoms with Gasteiger partial charge < -0.3 is 14.8 Å². The van der Waals surface area contributed by atoms with Crippen molar-refractivity contribution in [2.45, 2.75) is 25.4 Å². The van der Waals surface area contributed by atoms with Gasteiger partial charge in [0.2, 0.25) is 0 Å². The lowest BCUT2D eigenvalue weighted by Gasteiger charge is -2.23. The average Bonchev–Trinajstić information content (AvgIpc) is 3.43. The first-order valence-electron chi connectivity index (χ1n) is 8.28. The average molecular weight is 331 g/mol. The second-order valence-electron chi connectivity index (χ2n) is 6.31. The topological polar surface area (TPSA) is 30.5 Å². The number of rotatable bonds is 5. The van der Waals surface area contributed by atoms with E-state index >= 15 is 0 Å². The molecule has 0 spiro atoms. The van der Waals surface area contributed by atoms with Gasteiger partial charge in [-0.15, -0.1) is 0 Å². The lowest BCUT2D eigenvalue weighted by Crippen LogP contribution is -2.24. The molecule has 24 heavy (non-hydrogen) atoms. The molecule has 1 N–H and O–H groups in total. The molecule has 1 unspecified atom stereocenters. The Kier molecular flexibility index (Phi) is 4.10. The van der Waals surface area contributed by atoms with Crippen LogP contribution in [0.15, 0.2) is 36.4 Å². The molecule has 1 heterocycles. The van der Waals surface area contributed by atoms with Gasteiger partial charge in [0.1, 0.15) is 13.2 Å². The van der Waals surface area contributed by atoms with Crippen molar-refractivity contribution in [2.24, 2.45) is 5.92 Å². The van der Waals surface area contributed by atoms with Gasteiger partial charge in [-0.3, -0.25) is 0 Å². The third-order valence-electron chi connectivity index (χ3n) is 4.56. The van der Waals surface area contributed by atoms with Gasteiger partial charge in [0, 0.05) is 18.2 Å². The van der Waals surface area contributed by atoms with Gasteiger partial charge >= 0.3 is 0 Å². The van der Waals surface area contributed by atoms with Gasteiger partial charge in [-0.2, -0.15) is 0 Å². The Morgan fingerprint density at radius 1 is 1.04 bits per heavy atom. The van der Waals surface area contributed by atoms with Crippen molar-refractivity contribution >= 4 is 0 Å². The highest BCUT2D eigenvalue weighted by Crippen LogP contribution is 2.43. The molecule has 126 valence electrons. The summed E-state index contributed by atoms with van der Waals surface area (Å²) in [4.78, 5) is 0. The fourth-order valence-corrected chi connectivity index (χ4v) is 3.14. The third kappa shape index (κ3) is 3.08. The molecule has 1 aliphatic carbocycles. The Labute approximate surface area is 139 Å². The quantitative estimate of drug-likeness (QED) is 0.899. The van der Waals surface area contributed by atoms with E-state index in [4.69, 9.17) is 9.47 Å². The van der Waals surface area contributed by atoms with E-state index in [1.807, 2.05) is 18.2 Å². The molecule has 1 fully saturated rings. The fourth-order valence-electron chi connectivity index (χ4n) is 3.14. The van der Waals surface area contributed by atoms with E-state index in [0.29, 0.717) is 31.2 Å². The van der Waals surface area contributed by atoms with Gasteiger partial charge in [-0.25, -0.2) is 8.78 Å². The molecule has 0 radical (unpaired) electrons. The molecule has 0 bridgehead atoms. The SMILES string of the molecule is Fc1cccc(CNC(c2ccc3c(c2)OCCO3)C2CC2)c1F. The largest absolute Gasteiger partial charge is 0.486 e. The third-order valence-corrected chi connectivity index (χ3v) is 4.56. The minimum atomic E-state index is -0.809. The Balaban J connectivity index is 1.53. The van der Waals surface area contributed by atoms with Crippen molar-refractivity contribution in [1.82, 2.24) is 5.32 Å². The summed E-state index contributed by atoms with van der Waals surface area (Å²) in [5.74, 6) is 0.446. The van der Waals surface area contributed by atoms with Crippen LogP contribution < -0.4 is 14.8 Å². The first-order valence-corrected chi connectivity index (χ1v) is 8.28. The van der Waals surface area contributed by atoms with Crippen LogP contribution in [-0.2, 0) is 6.54 Å². The van der Waals surface area contributed by atoms with Crippen molar-refractivity contribution in [2.75, 3.05) is 13.2 Å². The second-order valence-corrected chi connectivity index (χ2v) is 6.31. The minimum Gasteiger partial charge on any atom is -0.486 e. The van der Waals surface area contributed by atoms with Crippen LogP contribution >= 0.6 is 0 Å². The van der Waals surface area contributed by atoms with Crippen LogP contribution in [0.5, 0.6) is 11.5 Å². The van der Waals surface area contributed by atoms with E-state index in [2.05, 4.69) is 5.32 Å². The van der Waals surface area contributed by atoms with Gasteiger partial charge in [-0.1, -0.05) is 18.2 Å². The first kappa shape index (κ1) is 15.4. The molecule has 0 amide bonds. The van der Waals surface area contributed by atoms with Crippen LogP contribution in [0.2, 0.25) is 0 Å². The van der Waals surface area contributed by atoms with Crippen LogP contribution in [0.4, 0.5) is 8.78 Å². The molecule has 2 aliphatic rings. The summed E-state index contributed by atoms with van der Waals surface area (Å²) in [6.07, 6.45) is 2.27. The summed E-state index contributed by atoms with van der Waals surface area (Å²) in [7, 11) is 0. The van der Waals surface area contributed by atoms with Gasteiger partial charge in [0.05, 0.1) is 0 Å². The highest BCUT2D eigenvalue weighted by molar-refractivity contribution is 5.45. The molecule has 3 nitrogen and oxygen atoms in total. The summed E-state index contributed by atoms with van der Waals surface area (Å²) in [5.41, 5.74) is 1.44. The Morgan fingerprint density at radius 2 is 1.83 bits per heavy atom. The highest BCUT2D eigenvalue weighted by atomic mass is 19.2. The molecular formula is C19H19F2NO2. The standard InChI is InChI=1S/C19H19F2NO2/c20-15-3-1-2-14(18(15)21)11-22-19(12-4-5-12)13-6-7-16-17(10-13)24-9-8-23-16/h1-3,6-7,10,12,19,22H,4-5,8-9,11H2. The molecule has 0 saturated heterocycles. The van der Waals surface area contributed by atoms with E-state index in [0.717, 1.165) is 36.0 Å². The second kappa shape index (κ2) is 6.40. The molecule has 2 aromatic carbocycles. The smallest absolute Gasteiger partial charge is 0.163 e. The van der Waals surface area contributed by atoms with Crippen molar-refractivity contribution in [1.29, 1.82) is 0 Å². The number of hydrogen-bond acceptors (Lipinski definition) is 3. The molecule has 1 aliphatic heterocycles. The van der Waals surface area contributed by atoms with Crippen LogP contribution in [0.1, 0.15) is 30.0 Å². The fraction of sp³-hybridized carbons (Fsp3) is 0.368. The Bertz CT molecular complexity index is 746. The van der Waals surface area contributed by atoms with Gasteiger partial charge in [0.25, 0.3) is 0 Å². The predicted molar refractivity (Wildman–Crippen MR) is 86.1 cm³/mol. The van der Waals surface area contributed by atoms with Crippen molar-refractivity contribution in [3.8, 4) is 11.5 Å².